The van der Waals surface area contributed by atoms with Gasteiger partial charge in [0, 0.05) is 6.54 Å². The summed E-state index contributed by atoms with van der Waals surface area (Å²) in [4.78, 5) is 0. The van der Waals surface area contributed by atoms with E-state index in [0.717, 1.165) is 17.7 Å². The summed E-state index contributed by atoms with van der Waals surface area (Å²) in [6.45, 7) is 3.10. The first-order valence-electron chi connectivity index (χ1n) is 2.88. The van der Waals surface area contributed by atoms with Gasteiger partial charge in [0.05, 0.1) is 0 Å². The summed E-state index contributed by atoms with van der Waals surface area (Å²) in [6.07, 6.45) is 2.82. The predicted molar refractivity (Wildman–Crippen MR) is 38.0 cm³/mol. The maximum atomic E-state index is 3.76. The van der Waals surface area contributed by atoms with Crippen LogP contribution in [0.15, 0.2) is 11.1 Å². The van der Waals surface area contributed by atoms with E-state index in [1.54, 1.807) is 6.33 Å². The van der Waals surface area contributed by atoms with Crippen molar-refractivity contribution in [2.75, 3.05) is 0 Å². The van der Waals surface area contributed by atoms with E-state index in [1.165, 1.54) is 0 Å². The first-order chi connectivity index (χ1) is 4.34. The van der Waals surface area contributed by atoms with Gasteiger partial charge in [0.25, 0.3) is 0 Å². The number of aromatic nitrogens is 3. The Bertz CT molecular complexity index is 184. The number of halogens is 1. The second kappa shape index (κ2) is 2.96. The molecule has 0 bridgehead atoms. The van der Waals surface area contributed by atoms with Crippen molar-refractivity contribution >= 4 is 15.9 Å². The molecule has 0 radical (unpaired) electrons. The summed E-state index contributed by atoms with van der Waals surface area (Å²) in [5, 5.41) is 7.47. The van der Waals surface area contributed by atoms with E-state index in [4.69, 9.17) is 0 Å². The second-order valence-electron chi connectivity index (χ2n) is 1.79. The minimum Gasteiger partial charge on any atom is -0.308 e. The highest BCUT2D eigenvalue weighted by molar-refractivity contribution is 9.10. The molecule has 1 aromatic heterocycles. The molecule has 0 saturated carbocycles. The monoisotopic (exact) mass is 189 g/mol. The summed E-state index contributed by atoms with van der Waals surface area (Å²) in [5.74, 6) is 0. The third-order valence-electron chi connectivity index (χ3n) is 1.03. The van der Waals surface area contributed by atoms with Gasteiger partial charge in [-0.05, 0) is 22.4 Å². The number of aryl methyl sites for hydroxylation is 1. The highest BCUT2D eigenvalue weighted by atomic mass is 79.9. The molecule has 3 nitrogen and oxygen atoms in total. The van der Waals surface area contributed by atoms with Crippen LogP contribution in [0, 0.1) is 0 Å². The fraction of sp³-hybridized carbons (Fsp3) is 0.600. The molecule has 0 N–H and O–H groups in total. The topological polar surface area (TPSA) is 30.7 Å². The quantitative estimate of drug-likeness (QED) is 0.706. The molecule has 1 aromatic rings. The van der Waals surface area contributed by atoms with Crippen molar-refractivity contribution in [3.63, 3.8) is 0 Å². The van der Waals surface area contributed by atoms with Crippen molar-refractivity contribution in [3.8, 4) is 0 Å². The lowest BCUT2D eigenvalue weighted by atomic mass is 10.5. The third-order valence-corrected chi connectivity index (χ3v) is 1.65. The third kappa shape index (κ3) is 1.51. The summed E-state index contributed by atoms with van der Waals surface area (Å²) in [5.41, 5.74) is 0. The first kappa shape index (κ1) is 6.74. The molecule has 0 aliphatic rings. The normalized spacial score (nSPS) is 10.0. The summed E-state index contributed by atoms with van der Waals surface area (Å²) in [7, 11) is 0. The molecule has 0 aliphatic carbocycles. The van der Waals surface area contributed by atoms with Gasteiger partial charge in [-0.2, -0.15) is 0 Å². The molecule has 0 fully saturated rings. The number of nitrogens with zero attached hydrogens (tertiary/aromatic N) is 3. The van der Waals surface area contributed by atoms with Crippen LogP contribution in [0.1, 0.15) is 13.3 Å². The largest absolute Gasteiger partial charge is 0.308 e. The van der Waals surface area contributed by atoms with Crippen LogP contribution in [0.5, 0.6) is 0 Å². The molecule has 1 heterocycles. The molecule has 0 aromatic carbocycles. The molecule has 0 amide bonds. The average molecular weight is 190 g/mol. The van der Waals surface area contributed by atoms with Crippen LogP contribution in [0.3, 0.4) is 0 Å². The summed E-state index contributed by atoms with van der Waals surface area (Å²) < 4.78 is 2.77. The van der Waals surface area contributed by atoms with Gasteiger partial charge >= 0.3 is 0 Å². The fourth-order valence-corrected chi connectivity index (χ4v) is 0.992. The van der Waals surface area contributed by atoms with Crippen LogP contribution >= 0.6 is 15.9 Å². The zero-order valence-electron chi connectivity index (χ0n) is 5.21. The highest BCUT2D eigenvalue weighted by Crippen LogP contribution is 2.03. The van der Waals surface area contributed by atoms with Crippen LogP contribution in [-0.2, 0) is 6.54 Å². The Morgan fingerprint density at radius 1 is 1.78 bits per heavy atom. The van der Waals surface area contributed by atoms with Gasteiger partial charge in [0.2, 0.25) is 0 Å². The van der Waals surface area contributed by atoms with Crippen LogP contribution < -0.4 is 0 Å². The van der Waals surface area contributed by atoms with E-state index < -0.39 is 0 Å². The van der Waals surface area contributed by atoms with Gasteiger partial charge in [0.15, 0.2) is 4.73 Å². The minimum atomic E-state index is 0.810. The molecule has 0 aliphatic heterocycles. The van der Waals surface area contributed by atoms with Crippen LogP contribution in [-0.4, -0.2) is 14.8 Å². The van der Waals surface area contributed by atoms with Crippen LogP contribution in [0.4, 0.5) is 0 Å². The van der Waals surface area contributed by atoms with Crippen molar-refractivity contribution in [2.24, 2.45) is 0 Å². The number of rotatable bonds is 2. The Hall–Kier alpha value is -0.380. The lowest BCUT2D eigenvalue weighted by Crippen LogP contribution is -1.93. The molecule has 0 saturated heterocycles. The predicted octanol–water partition coefficient (Wildman–Crippen LogP) is 1.45. The molecule has 4 heteroatoms. The van der Waals surface area contributed by atoms with Crippen molar-refractivity contribution in [2.45, 2.75) is 19.9 Å². The molecule has 0 unspecified atom stereocenters. The van der Waals surface area contributed by atoms with Crippen LogP contribution in [0.2, 0.25) is 0 Å². The zero-order chi connectivity index (χ0) is 6.69. The number of hydrogen-bond donors (Lipinski definition) is 0. The van der Waals surface area contributed by atoms with Crippen LogP contribution in [0.25, 0.3) is 0 Å². The smallest absolute Gasteiger partial charge is 0.199 e. The maximum absolute atomic E-state index is 3.76. The van der Waals surface area contributed by atoms with E-state index in [0.29, 0.717) is 0 Å². The second-order valence-corrected chi connectivity index (χ2v) is 2.50. The van der Waals surface area contributed by atoms with E-state index in [9.17, 15) is 0 Å². The van der Waals surface area contributed by atoms with Crippen molar-refractivity contribution in [1.29, 1.82) is 0 Å². The molecule has 0 atom stereocenters. The van der Waals surface area contributed by atoms with E-state index in [-0.39, 0.29) is 0 Å². The fourth-order valence-electron chi connectivity index (χ4n) is 0.632. The van der Waals surface area contributed by atoms with Crippen molar-refractivity contribution in [3.05, 3.63) is 11.1 Å². The lowest BCUT2D eigenvalue weighted by Gasteiger charge is -1.95. The highest BCUT2D eigenvalue weighted by Gasteiger charge is 1.95. The Balaban J connectivity index is 2.69. The van der Waals surface area contributed by atoms with Crippen molar-refractivity contribution < 1.29 is 0 Å². The molecular formula is C5H8BrN3. The minimum absolute atomic E-state index is 0.810. The van der Waals surface area contributed by atoms with Gasteiger partial charge in [-0.1, -0.05) is 6.92 Å². The van der Waals surface area contributed by atoms with E-state index >= 15 is 0 Å². The standard InChI is InChI=1S/C5H8BrN3/c1-2-3-9-4-7-8-5(9)6/h4H,2-3H2,1H3. The Morgan fingerprint density at radius 3 is 3.00 bits per heavy atom. The lowest BCUT2D eigenvalue weighted by molar-refractivity contribution is 0.663. The van der Waals surface area contributed by atoms with Crippen molar-refractivity contribution in [1.82, 2.24) is 14.8 Å². The van der Waals surface area contributed by atoms with E-state index in [2.05, 4.69) is 33.1 Å². The zero-order valence-corrected chi connectivity index (χ0v) is 6.80. The SMILES string of the molecule is CCCn1cnnc1Br. The molecular weight excluding hydrogens is 182 g/mol. The van der Waals surface area contributed by atoms with Gasteiger partial charge in [-0.15, -0.1) is 10.2 Å². The molecule has 1 rings (SSSR count). The molecule has 50 valence electrons. The Labute approximate surface area is 62.2 Å². The maximum Gasteiger partial charge on any atom is 0.199 e. The first-order valence-corrected chi connectivity index (χ1v) is 3.67. The Kier molecular flexibility index (Phi) is 2.22. The Morgan fingerprint density at radius 2 is 2.56 bits per heavy atom. The average Bonchev–Trinajstić information content (AvgIpc) is 2.18. The summed E-state index contributed by atoms with van der Waals surface area (Å²) >= 11 is 3.26. The van der Waals surface area contributed by atoms with Gasteiger partial charge in [0.1, 0.15) is 6.33 Å². The van der Waals surface area contributed by atoms with Gasteiger partial charge in [-0.3, -0.25) is 0 Å². The van der Waals surface area contributed by atoms with E-state index in [1.807, 2.05) is 4.57 Å². The van der Waals surface area contributed by atoms with Gasteiger partial charge < -0.3 is 4.57 Å². The summed E-state index contributed by atoms with van der Waals surface area (Å²) in [6, 6.07) is 0. The van der Waals surface area contributed by atoms with Gasteiger partial charge in [-0.25, -0.2) is 0 Å². The number of hydrogen-bond acceptors (Lipinski definition) is 2. The molecule has 0 spiro atoms. The molecule has 9 heavy (non-hydrogen) atoms.